The van der Waals surface area contributed by atoms with Crippen LogP contribution in [0.4, 0.5) is 26.0 Å². The molecule has 1 aromatic heterocycles. The number of nitro groups is 1. The van der Waals surface area contributed by atoms with Gasteiger partial charge in [0.2, 0.25) is 5.91 Å². The predicted octanol–water partition coefficient (Wildman–Crippen LogP) is 3.49. The highest BCUT2D eigenvalue weighted by Crippen LogP contribution is 2.31. The molecule has 1 aromatic carbocycles. The molecule has 29 heavy (non-hydrogen) atoms. The van der Waals surface area contributed by atoms with Gasteiger partial charge < -0.3 is 15.0 Å². The van der Waals surface area contributed by atoms with Gasteiger partial charge in [0.1, 0.15) is 5.75 Å². The number of aromatic nitrogens is 2. The van der Waals surface area contributed by atoms with E-state index in [4.69, 9.17) is 11.6 Å². The van der Waals surface area contributed by atoms with E-state index < -0.39 is 23.4 Å². The van der Waals surface area contributed by atoms with Crippen LogP contribution in [0.5, 0.6) is 5.75 Å². The van der Waals surface area contributed by atoms with E-state index in [0.29, 0.717) is 31.7 Å². The molecule has 0 aliphatic carbocycles. The van der Waals surface area contributed by atoms with Crippen LogP contribution in [0.3, 0.4) is 0 Å². The zero-order valence-electron chi connectivity index (χ0n) is 14.9. The third kappa shape index (κ3) is 5.25. The van der Waals surface area contributed by atoms with Gasteiger partial charge in [-0.2, -0.15) is 8.78 Å². The highest BCUT2D eigenvalue weighted by Gasteiger charge is 2.28. The fourth-order valence-electron chi connectivity index (χ4n) is 3.04. The molecule has 0 bridgehead atoms. The summed E-state index contributed by atoms with van der Waals surface area (Å²) in [4.78, 5) is 24.9. The van der Waals surface area contributed by atoms with Crippen LogP contribution in [-0.4, -0.2) is 40.7 Å². The summed E-state index contributed by atoms with van der Waals surface area (Å²) >= 11 is 5.74. The molecule has 1 unspecified atom stereocenters. The maximum atomic E-state index is 12.7. The van der Waals surface area contributed by atoms with Crippen LogP contribution in [0.1, 0.15) is 12.8 Å². The number of carbonyl (C=O) groups is 1. The minimum absolute atomic E-state index is 0.187. The number of anilines is 2. The summed E-state index contributed by atoms with van der Waals surface area (Å²) in [5.74, 6) is -0.740. The van der Waals surface area contributed by atoms with Gasteiger partial charge in [-0.15, -0.1) is 10.2 Å². The zero-order chi connectivity index (χ0) is 21.0. The van der Waals surface area contributed by atoms with Gasteiger partial charge in [0.05, 0.1) is 16.5 Å². The molecular weight excluding hydrogens is 412 g/mol. The van der Waals surface area contributed by atoms with Gasteiger partial charge in [0, 0.05) is 25.2 Å². The predicted molar refractivity (Wildman–Crippen MR) is 100 cm³/mol. The maximum Gasteiger partial charge on any atom is 0.387 e. The molecule has 0 radical (unpaired) electrons. The molecule has 0 saturated carbocycles. The maximum absolute atomic E-state index is 12.7. The lowest BCUT2D eigenvalue weighted by atomic mass is 9.97. The molecule has 9 nitrogen and oxygen atoms in total. The van der Waals surface area contributed by atoms with E-state index in [9.17, 15) is 23.7 Å². The Labute approximate surface area is 168 Å². The first-order chi connectivity index (χ1) is 13.8. The number of ether oxygens (including phenoxy) is 1. The summed E-state index contributed by atoms with van der Waals surface area (Å²) in [7, 11) is 0. The summed E-state index contributed by atoms with van der Waals surface area (Å²) in [6, 6.07) is 6.31. The van der Waals surface area contributed by atoms with Crippen molar-refractivity contribution in [2.75, 3.05) is 23.3 Å². The first-order valence-corrected chi connectivity index (χ1v) is 8.99. The number of benzene rings is 1. The molecule has 3 rings (SSSR count). The van der Waals surface area contributed by atoms with E-state index in [-0.39, 0.29) is 22.3 Å². The normalized spacial score (nSPS) is 16.6. The van der Waals surface area contributed by atoms with Crippen LogP contribution < -0.4 is 15.0 Å². The van der Waals surface area contributed by atoms with Crippen LogP contribution in [0.2, 0.25) is 5.15 Å². The highest BCUT2D eigenvalue weighted by atomic mass is 35.5. The smallest absolute Gasteiger partial charge is 0.387 e. The summed E-state index contributed by atoms with van der Waals surface area (Å²) in [5.41, 5.74) is -0.545. The lowest BCUT2D eigenvalue weighted by Crippen LogP contribution is -2.41. The number of nitro benzene ring substituents is 1. The Morgan fingerprint density at radius 3 is 2.79 bits per heavy atom. The topological polar surface area (TPSA) is 110 Å². The average Bonchev–Trinajstić information content (AvgIpc) is 2.69. The zero-order valence-corrected chi connectivity index (χ0v) is 15.7. The molecule has 154 valence electrons. The number of piperidine rings is 1. The van der Waals surface area contributed by atoms with Crippen molar-refractivity contribution in [3.05, 3.63) is 45.6 Å². The van der Waals surface area contributed by atoms with Crippen molar-refractivity contribution >= 4 is 34.7 Å². The number of amides is 1. The van der Waals surface area contributed by atoms with Crippen LogP contribution in [0.25, 0.3) is 0 Å². The molecule has 0 spiro atoms. The number of hydrogen-bond donors (Lipinski definition) is 1. The molecule has 2 aromatic rings. The largest absolute Gasteiger partial charge is 0.433 e. The Bertz CT molecular complexity index is 900. The number of hydrogen-bond acceptors (Lipinski definition) is 7. The number of alkyl halides is 2. The van der Waals surface area contributed by atoms with Gasteiger partial charge in [-0.05, 0) is 31.0 Å². The van der Waals surface area contributed by atoms with Gasteiger partial charge in [0.25, 0.3) is 5.69 Å². The SMILES string of the molecule is O=C(Nc1cc([N+](=O)[O-])ccc1OC(F)F)C1CCCN(c2ccc(Cl)nn2)C1. The number of non-ortho nitro benzene ring substituents is 1. The molecule has 1 aliphatic rings. The lowest BCUT2D eigenvalue weighted by molar-refractivity contribution is -0.384. The summed E-state index contributed by atoms with van der Waals surface area (Å²) in [6.45, 7) is -2.15. The molecule has 1 atom stereocenters. The quantitative estimate of drug-likeness (QED) is 0.554. The molecule has 12 heteroatoms. The Hall–Kier alpha value is -3.08. The van der Waals surface area contributed by atoms with Crippen molar-refractivity contribution in [3.63, 3.8) is 0 Å². The minimum atomic E-state index is -3.14. The number of nitrogens with one attached hydrogen (secondary N) is 1. The minimum Gasteiger partial charge on any atom is -0.433 e. The summed E-state index contributed by atoms with van der Waals surface area (Å²) < 4.78 is 29.6. The third-order valence-electron chi connectivity index (χ3n) is 4.38. The second-order valence-electron chi connectivity index (χ2n) is 6.30. The molecule has 1 N–H and O–H groups in total. The second-order valence-corrected chi connectivity index (χ2v) is 6.69. The monoisotopic (exact) mass is 427 g/mol. The molecule has 1 amide bonds. The number of halogens is 3. The van der Waals surface area contributed by atoms with Crippen molar-refractivity contribution in [2.24, 2.45) is 5.92 Å². The standard InChI is InChI=1S/C17H16ClF2N5O4/c18-14-5-6-15(23-22-14)24-7-1-2-10(9-24)16(26)21-12-8-11(25(27)28)3-4-13(12)29-17(19)20/h3-6,8,10,17H,1-2,7,9H2,(H,21,26). The van der Waals surface area contributed by atoms with Crippen molar-refractivity contribution in [1.29, 1.82) is 0 Å². The number of nitrogens with zero attached hydrogens (tertiary/aromatic N) is 4. The van der Waals surface area contributed by atoms with E-state index >= 15 is 0 Å². The highest BCUT2D eigenvalue weighted by molar-refractivity contribution is 6.29. The van der Waals surface area contributed by atoms with Crippen LogP contribution in [-0.2, 0) is 4.79 Å². The molecular formula is C17H16ClF2N5O4. The molecule has 2 heterocycles. The molecule has 1 aliphatic heterocycles. The summed E-state index contributed by atoms with van der Waals surface area (Å²) in [5, 5.41) is 21.5. The third-order valence-corrected chi connectivity index (χ3v) is 4.58. The van der Waals surface area contributed by atoms with Crippen molar-refractivity contribution in [1.82, 2.24) is 10.2 Å². The molecule has 1 fully saturated rings. The first kappa shape index (κ1) is 20.6. The Morgan fingerprint density at radius 2 is 2.14 bits per heavy atom. The van der Waals surface area contributed by atoms with Gasteiger partial charge in [0.15, 0.2) is 11.0 Å². The van der Waals surface area contributed by atoms with E-state index in [0.717, 1.165) is 18.2 Å². The van der Waals surface area contributed by atoms with E-state index in [1.54, 1.807) is 12.1 Å². The van der Waals surface area contributed by atoms with Crippen LogP contribution in [0.15, 0.2) is 30.3 Å². The van der Waals surface area contributed by atoms with Crippen molar-refractivity contribution in [2.45, 2.75) is 19.5 Å². The Balaban J connectivity index is 1.75. The fourth-order valence-corrected chi connectivity index (χ4v) is 3.14. The van der Waals surface area contributed by atoms with Crippen LogP contribution >= 0.6 is 11.6 Å². The van der Waals surface area contributed by atoms with Crippen molar-refractivity contribution in [3.8, 4) is 5.75 Å². The Kier molecular flexibility index (Phi) is 6.37. The first-order valence-electron chi connectivity index (χ1n) is 8.62. The molecule has 1 saturated heterocycles. The van der Waals surface area contributed by atoms with Gasteiger partial charge in [-0.25, -0.2) is 0 Å². The lowest BCUT2D eigenvalue weighted by Gasteiger charge is -2.32. The average molecular weight is 428 g/mol. The van der Waals surface area contributed by atoms with E-state index in [1.807, 2.05) is 4.90 Å². The number of rotatable bonds is 6. The number of carbonyl (C=O) groups excluding carboxylic acids is 1. The van der Waals surface area contributed by atoms with Gasteiger partial charge in [-0.1, -0.05) is 11.6 Å². The second kappa shape index (κ2) is 8.95. The Morgan fingerprint density at radius 1 is 1.34 bits per heavy atom. The van der Waals surface area contributed by atoms with Crippen LogP contribution in [0, 0.1) is 16.0 Å². The summed E-state index contributed by atoms with van der Waals surface area (Å²) in [6.07, 6.45) is 1.25. The van der Waals surface area contributed by atoms with Gasteiger partial charge in [-0.3, -0.25) is 14.9 Å². The van der Waals surface area contributed by atoms with E-state index in [2.05, 4.69) is 20.3 Å². The van der Waals surface area contributed by atoms with E-state index in [1.165, 1.54) is 0 Å². The fraction of sp³-hybridized carbons (Fsp3) is 0.353. The van der Waals surface area contributed by atoms with Crippen molar-refractivity contribution < 1.29 is 23.2 Å². The van der Waals surface area contributed by atoms with Gasteiger partial charge >= 0.3 is 6.61 Å².